The molecule has 1 heterocycles. The Hall–Kier alpha value is -3.39. The summed E-state index contributed by atoms with van der Waals surface area (Å²) < 4.78 is 5.29. The summed E-state index contributed by atoms with van der Waals surface area (Å²) in [5.41, 5.74) is 2.60. The highest BCUT2D eigenvalue weighted by atomic mass is 16.5. The fourth-order valence-corrected chi connectivity index (χ4v) is 3.19. The van der Waals surface area contributed by atoms with E-state index in [2.05, 4.69) is 16.0 Å². The van der Waals surface area contributed by atoms with E-state index in [0.29, 0.717) is 55.3 Å². The van der Waals surface area contributed by atoms with Crippen molar-refractivity contribution in [3.63, 3.8) is 0 Å². The maximum absolute atomic E-state index is 12.6. The Bertz CT molecular complexity index is 908. The van der Waals surface area contributed by atoms with Crippen molar-refractivity contribution in [3.05, 3.63) is 54.1 Å². The molecule has 164 valence electrons. The van der Waals surface area contributed by atoms with Crippen LogP contribution in [0, 0.1) is 0 Å². The number of anilines is 3. The molecule has 1 saturated heterocycles. The van der Waals surface area contributed by atoms with E-state index in [9.17, 15) is 14.4 Å². The van der Waals surface area contributed by atoms with Crippen LogP contribution in [0.5, 0.6) is 0 Å². The molecule has 0 saturated carbocycles. The van der Waals surface area contributed by atoms with Crippen LogP contribution < -0.4 is 16.0 Å². The molecule has 8 nitrogen and oxygen atoms in total. The lowest BCUT2D eigenvalue weighted by molar-refractivity contribution is -0.116. The van der Waals surface area contributed by atoms with E-state index in [1.807, 2.05) is 13.0 Å². The predicted molar refractivity (Wildman–Crippen MR) is 120 cm³/mol. The number of benzene rings is 2. The predicted octanol–water partition coefficient (Wildman–Crippen LogP) is 2.95. The standard InChI is InChI=1S/C23H28N4O4/c1-2-4-21(28)25-18-7-9-19(10-8-18)26-22(29)16-24-20-6-3-5-17(15-20)23(30)27-11-13-31-14-12-27/h3,5-10,15,24H,2,4,11-14,16H2,1H3,(H,25,28)(H,26,29). The van der Waals surface area contributed by atoms with Crippen molar-refractivity contribution >= 4 is 34.8 Å². The van der Waals surface area contributed by atoms with Gasteiger partial charge in [0.2, 0.25) is 11.8 Å². The number of carbonyl (C=O) groups excluding carboxylic acids is 3. The van der Waals surface area contributed by atoms with Crippen molar-refractivity contribution in [3.8, 4) is 0 Å². The van der Waals surface area contributed by atoms with Gasteiger partial charge in [-0.05, 0) is 48.9 Å². The van der Waals surface area contributed by atoms with Crippen LogP contribution in [0.2, 0.25) is 0 Å². The van der Waals surface area contributed by atoms with Gasteiger partial charge in [-0.3, -0.25) is 14.4 Å². The molecule has 0 unspecified atom stereocenters. The van der Waals surface area contributed by atoms with Gasteiger partial charge in [0.25, 0.3) is 5.91 Å². The second-order valence-corrected chi connectivity index (χ2v) is 7.26. The first-order chi connectivity index (χ1) is 15.0. The zero-order chi connectivity index (χ0) is 22.1. The maximum Gasteiger partial charge on any atom is 0.254 e. The van der Waals surface area contributed by atoms with Crippen LogP contribution in [0.25, 0.3) is 0 Å². The molecule has 1 aliphatic rings. The van der Waals surface area contributed by atoms with E-state index in [1.54, 1.807) is 47.4 Å². The quantitative estimate of drug-likeness (QED) is 0.605. The molecule has 0 atom stereocenters. The topological polar surface area (TPSA) is 99.8 Å². The summed E-state index contributed by atoms with van der Waals surface area (Å²) in [5, 5.41) is 8.66. The lowest BCUT2D eigenvalue weighted by Gasteiger charge is -2.27. The van der Waals surface area contributed by atoms with Crippen LogP contribution in [0.3, 0.4) is 0 Å². The smallest absolute Gasteiger partial charge is 0.254 e. The SMILES string of the molecule is CCCC(=O)Nc1ccc(NC(=O)CNc2cccc(C(=O)N3CCOCC3)c2)cc1. The van der Waals surface area contributed by atoms with E-state index in [0.717, 1.165) is 6.42 Å². The zero-order valence-electron chi connectivity index (χ0n) is 17.6. The van der Waals surface area contributed by atoms with Gasteiger partial charge in [-0.1, -0.05) is 13.0 Å². The molecule has 3 amide bonds. The molecule has 0 aliphatic carbocycles. The molecule has 3 rings (SSSR count). The van der Waals surface area contributed by atoms with Crippen LogP contribution >= 0.6 is 0 Å². The first-order valence-corrected chi connectivity index (χ1v) is 10.5. The summed E-state index contributed by atoms with van der Waals surface area (Å²) in [5.74, 6) is -0.284. The molecule has 3 N–H and O–H groups in total. The van der Waals surface area contributed by atoms with Gasteiger partial charge >= 0.3 is 0 Å². The Morgan fingerprint density at radius 2 is 1.55 bits per heavy atom. The normalized spacial score (nSPS) is 13.4. The van der Waals surface area contributed by atoms with Crippen molar-refractivity contribution < 1.29 is 19.1 Å². The lowest BCUT2D eigenvalue weighted by atomic mass is 10.1. The average Bonchev–Trinajstić information content (AvgIpc) is 2.79. The summed E-state index contributed by atoms with van der Waals surface area (Å²) >= 11 is 0. The Kier molecular flexibility index (Phi) is 8.00. The number of nitrogens with zero attached hydrogens (tertiary/aromatic N) is 1. The van der Waals surface area contributed by atoms with Crippen molar-refractivity contribution in [2.45, 2.75) is 19.8 Å². The monoisotopic (exact) mass is 424 g/mol. The van der Waals surface area contributed by atoms with E-state index in [4.69, 9.17) is 4.74 Å². The number of amides is 3. The van der Waals surface area contributed by atoms with E-state index in [1.165, 1.54) is 0 Å². The molecule has 0 aromatic heterocycles. The van der Waals surface area contributed by atoms with Gasteiger partial charge < -0.3 is 25.6 Å². The molecule has 0 radical (unpaired) electrons. The Morgan fingerprint density at radius 3 is 2.19 bits per heavy atom. The number of hydrogen-bond acceptors (Lipinski definition) is 5. The largest absolute Gasteiger partial charge is 0.378 e. The minimum Gasteiger partial charge on any atom is -0.378 e. The Labute approximate surface area is 182 Å². The summed E-state index contributed by atoms with van der Waals surface area (Å²) in [6.07, 6.45) is 1.26. The van der Waals surface area contributed by atoms with E-state index >= 15 is 0 Å². The number of ether oxygens (including phenoxy) is 1. The Morgan fingerprint density at radius 1 is 0.903 bits per heavy atom. The second-order valence-electron chi connectivity index (χ2n) is 7.26. The second kappa shape index (κ2) is 11.1. The van der Waals surface area contributed by atoms with Crippen molar-refractivity contribution in [1.29, 1.82) is 0 Å². The van der Waals surface area contributed by atoms with Gasteiger partial charge in [0, 0.05) is 42.1 Å². The number of nitrogens with one attached hydrogen (secondary N) is 3. The minimum atomic E-state index is -0.215. The molecule has 31 heavy (non-hydrogen) atoms. The van der Waals surface area contributed by atoms with Crippen LogP contribution in [-0.4, -0.2) is 55.5 Å². The molecule has 1 aliphatic heterocycles. The third-order valence-electron chi connectivity index (χ3n) is 4.79. The van der Waals surface area contributed by atoms with Gasteiger partial charge in [0.1, 0.15) is 0 Å². The number of carbonyl (C=O) groups is 3. The molecule has 0 spiro atoms. The number of hydrogen-bond donors (Lipinski definition) is 3. The highest BCUT2D eigenvalue weighted by molar-refractivity contribution is 5.96. The highest BCUT2D eigenvalue weighted by Gasteiger charge is 2.18. The molecule has 2 aromatic carbocycles. The van der Waals surface area contributed by atoms with Gasteiger partial charge in [-0.15, -0.1) is 0 Å². The number of rotatable bonds is 8. The van der Waals surface area contributed by atoms with Gasteiger partial charge in [-0.2, -0.15) is 0 Å². The Balaban J connectivity index is 1.49. The molecule has 2 aromatic rings. The first kappa shape index (κ1) is 22.3. The van der Waals surface area contributed by atoms with Crippen LogP contribution in [0.15, 0.2) is 48.5 Å². The molecular formula is C23H28N4O4. The maximum atomic E-state index is 12.6. The average molecular weight is 425 g/mol. The fourth-order valence-electron chi connectivity index (χ4n) is 3.19. The van der Waals surface area contributed by atoms with Gasteiger partial charge in [0.15, 0.2) is 0 Å². The third-order valence-corrected chi connectivity index (χ3v) is 4.79. The molecule has 8 heteroatoms. The molecular weight excluding hydrogens is 396 g/mol. The summed E-state index contributed by atoms with van der Waals surface area (Å²) in [6.45, 7) is 4.28. The third kappa shape index (κ3) is 6.82. The molecule has 1 fully saturated rings. The number of morpholine rings is 1. The van der Waals surface area contributed by atoms with Crippen LogP contribution in [0.4, 0.5) is 17.1 Å². The fraction of sp³-hybridized carbons (Fsp3) is 0.348. The van der Waals surface area contributed by atoms with E-state index < -0.39 is 0 Å². The first-order valence-electron chi connectivity index (χ1n) is 10.5. The highest BCUT2D eigenvalue weighted by Crippen LogP contribution is 2.15. The van der Waals surface area contributed by atoms with Gasteiger partial charge in [-0.25, -0.2) is 0 Å². The lowest BCUT2D eigenvalue weighted by Crippen LogP contribution is -2.40. The molecule has 0 bridgehead atoms. The summed E-state index contributed by atoms with van der Waals surface area (Å²) in [6, 6.07) is 14.1. The summed E-state index contributed by atoms with van der Waals surface area (Å²) in [7, 11) is 0. The summed E-state index contributed by atoms with van der Waals surface area (Å²) in [4.78, 5) is 38.3. The van der Waals surface area contributed by atoms with Crippen molar-refractivity contribution in [2.24, 2.45) is 0 Å². The minimum absolute atomic E-state index is 0.0298. The van der Waals surface area contributed by atoms with Gasteiger partial charge in [0.05, 0.1) is 19.8 Å². The van der Waals surface area contributed by atoms with Crippen molar-refractivity contribution in [2.75, 3.05) is 48.8 Å². The van der Waals surface area contributed by atoms with Crippen LogP contribution in [-0.2, 0) is 14.3 Å². The van der Waals surface area contributed by atoms with Crippen molar-refractivity contribution in [1.82, 2.24) is 4.90 Å². The zero-order valence-corrected chi connectivity index (χ0v) is 17.6. The van der Waals surface area contributed by atoms with Crippen LogP contribution in [0.1, 0.15) is 30.1 Å². The van der Waals surface area contributed by atoms with E-state index in [-0.39, 0.29) is 24.3 Å².